The molecular weight excluding hydrogens is 440 g/mol. The van der Waals surface area contributed by atoms with Crippen LogP contribution in [0.15, 0.2) is 36.4 Å². The first-order valence-corrected chi connectivity index (χ1v) is 10.8. The summed E-state index contributed by atoms with van der Waals surface area (Å²) >= 11 is 0. The van der Waals surface area contributed by atoms with Crippen molar-refractivity contribution in [2.75, 3.05) is 5.32 Å². The smallest absolute Gasteiger partial charge is 0.352 e. The third-order valence-electron chi connectivity index (χ3n) is 6.44. The summed E-state index contributed by atoms with van der Waals surface area (Å²) in [6.45, 7) is 1.50. The number of rotatable bonds is 4. The van der Waals surface area contributed by atoms with Crippen molar-refractivity contribution in [3.8, 4) is 0 Å². The average Bonchev–Trinajstić information content (AvgIpc) is 2.75. The van der Waals surface area contributed by atoms with Crippen LogP contribution >= 0.6 is 0 Å². The highest BCUT2D eigenvalue weighted by Gasteiger charge is 2.52. The molecule has 176 valence electrons. The maximum Gasteiger partial charge on any atom is 0.352 e. The summed E-state index contributed by atoms with van der Waals surface area (Å²) in [6.07, 6.45) is 1.52. The monoisotopic (exact) mass is 464 g/mol. The molecule has 2 fully saturated rings. The summed E-state index contributed by atoms with van der Waals surface area (Å²) in [5.74, 6) is -8.28. The molecule has 2 atom stereocenters. The first-order valence-electron chi connectivity index (χ1n) is 10.8. The van der Waals surface area contributed by atoms with Crippen LogP contribution in [0.2, 0.25) is 0 Å². The first kappa shape index (κ1) is 23.2. The van der Waals surface area contributed by atoms with E-state index in [1.807, 2.05) is 0 Å². The van der Waals surface area contributed by atoms with Crippen LogP contribution in [0.5, 0.6) is 0 Å². The van der Waals surface area contributed by atoms with Crippen LogP contribution in [0.4, 0.5) is 23.2 Å². The zero-order valence-corrected chi connectivity index (χ0v) is 18.0. The minimum atomic E-state index is -4.19. The summed E-state index contributed by atoms with van der Waals surface area (Å²) in [7, 11) is 0. The molecule has 2 aliphatic heterocycles. The minimum absolute atomic E-state index is 0.209. The van der Waals surface area contributed by atoms with Crippen molar-refractivity contribution < 1.29 is 32.3 Å². The van der Waals surface area contributed by atoms with Crippen molar-refractivity contribution in [2.24, 2.45) is 0 Å². The van der Waals surface area contributed by atoms with Gasteiger partial charge >= 0.3 is 5.92 Å². The number of amides is 2. The van der Waals surface area contributed by atoms with Gasteiger partial charge in [-0.15, -0.1) is 0 Å². The van der Waals surface area contributed by atoms with Crippen molar-refractivity contribution in [3.63, 3.8) is 0 Å². The third-order valence-corrected chi connectivity index (χ3v) is 6.44. The molecule has 2 aliphatic rings. The highest BCUT2D eigenvalue weighted by atomic mass is 19.3. The van der Waals surface area contributed by atoms with E-state index in [9.17, 15) is 23.5 Å². The van der Waals surface area contributed by atoms with Gasteiger partial charge in [0, 0.05) is 23.3 Å². The first-order chi connectivity index (χ1) is 15.6. The van der Waals surface area contributed by atoms with Crippen LogP contribution in [-0.2, 0) is 10.7 Å². The normalized spacial score (nSPS) is 22.7. The Labute approximate surface area is 188 Å². The van der Waals surface area contributed by atoms with E-state index < -0.39 is 53.1 Å². The molecule has 0 radical (unpaired) electrons. The summed E-state index contributed by atoms with van der Waals surface area (Å²) in [4.78, 5) is 26.6. The Hall–Kier alpha value is -2.94. The Kier molecular flexibility index (Phi) is 6.18. The minimum Gasteiger partial charge on any atom is -0.393 e. The van der Waals surface area contributed by atoms with E-state index in [1.54, 1.807) is 0 Å². The van der Waals surface area contributed by atoms with Crippen LogP contribution in [-0.4, -0.2) is 40.0 Å². The molecule has 2 N–H and O–H groups in total. The fraction of sp³-hybridized carbons (Fsp3) is 0.417. The number of hydrogen-bond donors (Lipinski definition) is 2. The van der Waals surface area contributed by atoms with E-state index >= 15 is 8.78 Å². The van der Waals surface area contributed by atoms with Crippen LogP contribution in [0, 0.1) is 18.6 Å². The molecule has 0 saturated carbocycles. The number of carbonyl (C=O) groups excluding carboxylic acids is 2. The van der Waals surface area contributed by atoms with Gasteiger partial charge in [-0.05, 0) is 81.0 Å². The second-order valence-electron chi connectivity index (χ2n) is 8.76. The van der Waals surface area contributed by atoms with E-state index in [-0.39, 0.29) is 29.7 Å². The van der Waals surface area contributed by atoms with Gasteiger partial charge in [0.15, 0.2) is 0 Å². The largest absolute Gasteiger partial charge is 0.393 e. The second-order valence-corrected chi connectivity index (χ2v) is 8.76. The molecule has 0 spiro atoms. The van der Waals surface area contributed by atoms with Gasteiger partial charge in [0.25, 0.3) is 11.8 Å². The Morgan fingerprint density at radius 1 is 1.03 bits per heavy atom. The van der Waals surface area contributed by atoms with Crippen LogP contribution in [0.25, 0.3) is 0 Å². The highest BCUT2D eigenvalue weighted by molar-refractivity contribution is 6.04. The number of nitrogens with one attached hydrogen (secondary N) is 1. The standard InChI is InChI=1S/C24H24F4N2O3/c1-13-9-15(6-8-20(13)25)29-22(32)14-5-7-21(26)19(10-14)24(27,28)23(33)30-16-3-2-4-17(30)12-18(31)11-16/h5-10,16-18,31H,2-4,11-12H2,1H3,(H,29,32). The Balaban J connectivity index is 1.60. The highest BCUT2D eigenvalue weighted by Crippen LogP contribution is 2.40. The molecule has 4 rings (SSSR count). The van der Waals surface area contributed by atoms with E-state index in [0.29, 0.717) is 18.9 Å². The number of nitrogens with zero attached hydrogens (tertiary/aromatic N) is 1. The number of benzene rings is 2. The van der Waals surface area contributed by atoms with Gasteiger partial charge in [-0.3, -0.25) is 9.59 Å². The average molecular weight is 464 g/mol. The number of carbonyl (C=O) groups is 2. The van der Waals surface area contributed by atoms with Crippen LogP contribution < -0.4 is 5.32 Å². The number of hydrogen-bond acceptors (Lipinski definition) is 3. The predicted octanol–water partition coefficient (Wildman–Crippen LogP) is 4.52. The topological polar surface area (TPSA) is 69.6 Å². The van der Waals surface area contributed by atoms with E-state index in [1.165, 1.54) is 19.1 Å². The number of anilines is 1. The van der Waals surface area contributed by atoms with Crippen molar-refractivity contribution in [1.82, 2.24) is 4.90 Å². The fourth-order valence-corrected chi connectivity index (χ4v) is 4.79. The lowest BCUT2D eigenvalue weighted by atomic mass is 9.82. The molecule has 2 aromatic rings. The molecule has 2 unspecified atom stereocenters. The lowest BCUT2D eigenvalue weighted by molar-refractivity contribution is -0.172. The fourth-order valence-electron chi connectivity index (χ4n) is 4.79. The van der Waals surface area contributed by atoms with Gasteiger partial charge in [0.1, 0.15) is 11.6 Å². The number of aryl methyl sites for hydroxylation is 1. The van der Waals surface area contributed by atoms with Crippen molar-refractivity contribution in [1.29, 1.82) is 0 Å². The quantitative estimate of drug-likeness (QED) is 0.654. The number of halogens is 4. The molecule has 5 nitrogen and oxygen atoms in total. The Morgan fingerprint density at radius 2 is 1.67 bits per heavy atom. The zero-order chi connectivity index (χ0) is 23.9. The predicted molar refractivity (Wildman–Crippen MR) is 113 cm³/mol. The molecule has 9 heteroatoms. The number of fused-ring (bicyclic) bond motifs is 2. The van der Waals surface area contributed by atoms with E-state index in [0.717, 1.165) is 29.5 Å². The Bertz CT molecular complexity index is 1080. The molecule has 33 heavy (non-hydrogen) atoms. The second kappa shape index (κ2) is 8.78. The van der Waals surface area contributed by atoms with E-state index in [2.05, 4.69) is 5.32 Å². The Morgan fingerprint density at radius 3 is 2.30 bits per heavy atom. The van der Waals surface area contributed by atoms with Crippen molar-refractivity contribution >= 4 is 17.5 Å². The van der Waals surface area contributed by atoms with Gasteiger partial charge in [-0.2, -0.15) is 8.78 Å². The number of alkyl halides is 2. The van der Waals surface area contributed by atoms with Crippen LogP contribution in [0.3, 0.4) is 0 Å². The number of aliphatic hydroxyl groups is 1. The molecule has 2 amide bonds. The maximum absolute atomic E-state index is 15.3. The molecule has 2 bridgehead atoms. The summed E-state index contributed by atoms with van der Waals surface area (Å²) < 4.78 is 58.5. The van der Waals surface area contributed by atoms with Gasteiger partial charge in [0.2, 0.25) is 0 Å². The number of piperidine rings is 2. The summed E-state index contributed by atoms with van der Waals surface area (Å²) in [5, 5.41) is 12.4. The molecular formula is C24H24F4N2O3. The SMILES string of the molecule is Cc1cc(NC(=O)c2ccc(F)c(C(F)(F)C(=O)N3C4CCCC3CC(O)C4)c2)ccc1F. The molecule has 2 heterocycles. The third kappa shape index (κ3) is 4.46. The lowest BCUT2D eigenvalue weighted by Gasteiger charge is -2.48. The molecule has 2 saturated heterocycles. The van der Waals surface area contributed by atoms with Gasteiger partial charge < -0.3 is 15.3 Å². The van der Waals surface area contributed by atoms with Crippen molar-refractivity contribution in [2.45, 2.75) is 63.1 Å². The van der Waals surface area contributed by atoms with Crippen molar-refractivity contribution in [3.05, 3.63) is 64.7 Å². The van der Waals surface area contributed by atoms with Gasteiger partial charge in [-0.1, -0.05) is 0 Å². The zero-order valence-electron chi connectivity index (χ0n) is 18.0. The lowest BCUT2D eigenvalue weighted by Crippen LogP contribution is -2.59. The maximum atomic E-state index is 15.3. The van der Waals surface area contributed by atoms with Gasteiger partial charge in [-0.25, -0.2) is 8.78 Å². The van der Waals surface area contributed by atoms with E-state index in [4.69, 9.17) is 0 Å². The molecule has 2 aromatic carbocycles. The van der Waals surface area contributed by atoms with Gasteiger partial charge in [0.05, 0.1) is 11.7 Å². The summed E-state index contributed by atoms with van der Waals surface area (Å²) in [5.41, 5.74) is -0.927. The molecule has 0 aromatic heterocycles. The summed E-state index contributed by atoms with van der Waals surface area (Å²) in [6, 6.07) is 5.22. The number of aliphatic hydroxyl groups excluding tert-OH is 1. The molecule has 0 aliphatic carbocycles. The van der Waals surface area contributed by atoms with Crippen LogP contribution in [0.1, 0.15) is 53.6 Å².